The second-order valence-electron chi connectivity index (χ2n) is 6.46. The van der Waals surface area contributed by atoms with Crippen molar-refractivity contribution >= 4 is 10.0 Å². The topological polar surface area (TPSA) is 58.4 Å². The zero-order valence-corrected chi connectivity index (χ0v) is 14.3. The maximum absolute atomic E-state index is 12.7. The fraction of sp³-hybridized carbons (Fsp3) is 0.800. The van der Waals surface area contributed by atoms with Gasteiger partial charge in [0, 0.05) is 31.9 Å². The monoisotopic (exact) mass is 326 g/mol. The zero-order chi connectivity index (χ0) is 15.7. The first-order chi connectivity index (χ1) is 10.5. The van der Waals surface area contributed by atoms with Gasteiger partial charge in [0.1, 0.15) is 0 Å². The first-order valence-electron chi connectivity index (χ1n) is 8.18. The van der Waals surface area contributed by atoms with Crippen LogP contribution < -0.4 is 0 Å². The fourth-order valence-electron chi connectivity index (χ4n) is 3.65. The Morgan fingerprint density at radius 1 is 1.32 bits per heavy atom. The van der Waals surface area contributed by atoms with E-state index in [1.807, 2.05) is 17.9 Å². The van der Waals surface area contributed by atoms with Crippen LogP contribution in [0.3, 0.4) is 0 Å². The Morgan fingerprint density at radius 2 is 2.05 bits per heavy atom. The summed E-state index contributed by atoms with van der Waals surface area (Å²) in [5, 5.41) is 4.31. The first-order valence-corrected chi connectivity index (χ1v) is 9.79. The highest BCUT2D eigenvalue weighted by Crippen LogP contribution is 2.34. The van der Waals surface area contributed by atoms with Crippen LogP contribution in [-0.4, -0.2) is 59.8 Å². The van der Waals surface area contributed by atoms with Crippen molar-refractivity contribution in [2.75, 3.05) is 32.4 Å². The molecule has 1 aliphatic carbocycles. The van der Waals surface area contributed by atoms with Gasteiger partial charge in [0.05, 0.1) is 18.0 Å². The van der Waals surface area contributed by atoms with Gasteiger partial charge in [-0.2, -0.15) is 9.40 Å². The Morgan fingerprint density at radius 3 is 2.77 bits per heavy atom. The normalized spacial score (nSPS) is 23.1. The van der Waals surface area contributed by atoms with Gasteiger partial charge in [0.2, 0.25) is 10.0 Å². The lowest BCUT2D eigenvalue weighted by Gasteiger charge is -2.31. The molecule has 1 fully saturated rings. The molecule has 6 nitrogen and oxygen atoms in total. The van der Waals surface area contributed by atoms with Gasteiger partial charge in [-0.05, 0) is 45.2 Å². The summed E-state index contributed by atoms with van der Waals surface area (Å²) in [5.41, 5.74) is 2.26. The van der Waals surface area contributed by atoms with E-state index >= 15 is 0 Å². The molecule has 0 N–H and O–H groups in total. The Bertz CT molecular complexity index is 619. The average molecular weight is 326 g/mol. The molecule has 3 rings (SSSR count). The molecule has 1 saturated heterocycles. The van der Waals surface area contributed by atoms with Crippen molar-refractivity contribution in [3.8, 4) is 0 Å². The third-order valence-electron chi connectivity index (χ3n) is 5.09. The SMILES string of the molecule is CN([C@H]1CCCc2c1cnn2C)S(=O)(=O)CCN1CCCC1. The maximum Gasteiger partial charge on any atom is 0.215 e. The number of likely N-dealkylation sites (tertiary alicyclic amines) is 1. The predicted octanol–water partition coefficient (Wildman–Crippen LogP) is 1.15. The number of hydrogen-bond acceptors (Lipinski definition) is 4. The van der Waals surface area contributed by atoms with Crippen molar-refractivity contribution in [3.05, 3.63) is 17.5 Å². The molecular formula is C15H26N4O2S. The Labute approximate surface area is 133 Å². The molecule has 1 atom stereocenters. The van der Waals surface area contributed by atoms with E-state index in [9.17, 15) is 8.42 Å². The lowest BCUT2D eigenvalue weighted by atomic mass is 9.93. The van der Waals surface area contributed by atoms with Crippen molar-refractivity contribution in [1.29, 1.82) is 0 Å². The van der Waals surface area contributed by atoms with E-state index < -0.39 is 10.0 Å². The molecule has 22 heavy (non-hydrogen) atoms. The van der Waals surface area contributed by atoms with Gasteiger partial charge in [0.15, 0.2) is 0 Å². The van der Waals surface area contributed by atoms with Gasteiger partial charge in [-0.3, -0.25) is 4.68 Å². The van der Waals surface area contributed by atoms with Crippen LogP contribution in [0.1, 0.15) is 43.0 Å². The van der Waals surface area contributed by atoms with Crippen LogP contribution >= 0.6 is 0 Å². The first kappa shape index (κ1) is 16.0. The Hall–Kier alpha value is -0.920. The summed E-state index contributed by atoms with van der Waals surface area (Å²) in [5.74, 6) is 0.218. The van der Waals surface area contributed by atoms with Crippen LogP contribution in [0.2, 0.25) is 0 Å². The van der Waals surface area contributed by atoms with Crippen molar-refractivity contribution in [3.63, 3.8) is 0 Å². The van der Waals surface area contributed by atoms with E-state index in [0.717, 1.165) is 37.9 Å². The summed E-state index contributed by atoms with van der Waals surface area (Å²) >= 11 is 0. The van der Waals surface area contributed by atoms with Crippen molar-refractivity contribution in [2.45, 2.75) is 38.1 Å². The highest BCUT2D eigenvalue weighted by molar-refractivity contribution is 7.89. The summed E-state index contributed by atoms with van der Waals surface area (Å²) in [4.78, 5) is 2.25. The van der Waals surface area contributed by atoms with Crippen LogP contribution in [0.15, 0.2) is 6.20 Å². The van der Waals surface area contributed by atoms with E-state index in [-0.39, 0.29) is 11.8 Å². The van der Waals surface area contributed by atoms with Crippen LogP contribution in [0.4, 0.5) is 0 Å². The predicted molar refractivity (Wildman–Crippen MR) is 86.1 cm³/mol. The largest absolute Gasteiger partial charge is 0.302 e. The Kier molecular flexibility index (Phi) is 4.56. The van der Waals surface area contributed by atoms with E-state index in [0.29, 0.717) is 6.54 Å². The van der Waals surface area contributed by atoms with Crippen molar-refractivity contribution < 1.29 is 8.42 Å². The summed E-state index contributed by atoms with van der Waals surface area (Å²) in [6, 6.07) is -0.0546. The minimum Gasteiger partial charge on any atom is -0.302 e. The lowest BCUT2D eigenvalue weighted by molar-refractivity contribution is 0.324. The highest BCUT2D eigenvalue weighted by Gasteiger charge is 2.32. The van der Waals surface area contributed by atoms with E-state index in [1.54, 1.807) is 11.4 Å². The van der Waals surface area contributed by atoms with Crippen LogP contribution in [-0.2, 0) is 23.5 Å². The molecule has 0 saturated carbocycles. The number of rotatable bonds is 5. The molecule has 2 heterocycles. The molecular weight excluding hydrogens is 300 g/mol. The number of nitrogens with zero attached hydrogens (tertiary/aromatic N) is 4. The molecule has 2 aliphatic rings. The lowest BCUT2D eigenvalue weighted by Crippen LogP contribution is -2.38. The second-order valence-corrected chi connectivity index (χ2v) is 8.61. The van der Waals surface area contributed by atoms with E-state index in [2.05, 4.69) is 10.00 Å². The molecule has 0 unspecified atom stereocenters. The van der Waals surface area contributed by atoms with Gasteiger partial charge < -0.3 is 4.90 Å². The van der Waals surface area contributed by atoms with Gasteiger partial charge in [-0.25, -0.2) is 8.42 Å². The number of aromatic nitrogens is 2. The van der Waals surface area contributed by atoms with Crippen LogP contribution in [0, 0.1) is 0 Å². The van der Waals surface area contributed by atoms with Gasteiger partial charge in [-0.1, -0.05) is 0 Å². The number of sulfonamides is 1. The second kappa shape index (κ2) is 6.29. The minimum absolute atomic E-state index is 0.0546. The van der Waals surface area contributed by atoms with Crippen molar-refractivity contribution in [2.24, 2.45) is 7.05 Å². The molecule has 1 aromatic rings. The molecule has 0 amide bonds. The standard InChI is InChI=1S/C15H26N4O2S/c1-17-14-6-5-7-15(13(14)12-16-17)18(2)22(20,21)11-10-19-8-3-4-9-19/h12,15H,3-11H2,1-2H3/t15-/m0/s1. The molecule has 0 radical (unpaired) electrons. The third kappa shape index (κ3) is 3.07. The molecule has 1 aliphatic heterocycles. The number of fused-ring (bicyclic) bond motifs is 1. The fourth-order valence-corrected chi connectivity index (χ4v) is 5.03. The van der Waals surface area contributed by atoms with Gasteiger partial charge in [-0.15, -0.1) is 0 Å². The summed E-state index contributed by atoms with van der Waals surface area (Å²) < 4.78 is 28.8. The Balaban J connectivity index is 1.71. The number of aryl methyl sites for hydroxylation is 1. The summed E-state index contributed by atoms with van der Waals surface area (Å²) in [6.45, 7) is 2.73. The number of hydrogen-bond donors (Lipinski definition) is 0. The van der Waals surface area contributed by atoms with Crippen LogP contribution in [0.25, 0.3) is 0 Å². The van der Waals surface area contributed by atoms with E-state index in [4.69, 9.17) is 0 Å². The molecule has 7 heteroatoms. The maximum atomic E-state index is 12.7. The molecule has 1 aromatic heterocycles. The van der Waals surface area contributed by atoms with Crippen molar-refractivity contribution in [1.82, 2.24) is 19.0 Å². The molecule has 0 bridgehead atoms. The average Bonchev–Trinajstić information content (AvgIpc) is 3.15. The van der Waals surface area contributed by atoms with E-state index in [1.165, 1.54) is 18.5 Å². The third-order valence-corrected chi connectivity index (χ3v) is 6.92. The summed E-state index contributed by atoms with van der Waals surface area (Å²) in [6.07, 6.45) is 7.12. The smallest absolute Gasteiger partial charge is 0.215 e. The zero-order valence-electron chi connectivity index (χ0n) is 13.5. The minimum atomic E-state index is -3.23. The quantitative estimate of drug-likeness (QED) is 0.814. The van der Waals surface area contributed by atoms with Gasteiger partial charge in [0.25, 0.3) is 0 Å². The van der Waals surface area contributed by atoms with Gasteiger partial charge >= 0.3 is 0 Å². The molecule has 0 aromatic carbocycles. The molecule has 124 valence electrons. The molecule has 0 spiro atoms. The van der Waals surface area contributed by atoms with Crippen LogP contribution in [0.5, 0.6) is 0 Å². The summed E-state index contributed by atoms with van der Waals surface area (Å²) in [7, 11) is 0.436. The highest BCUT2D eigenvalue weighted by atomic mass is 32.2.